The van der Waals surface area contributed by atoms with Crippen LogP contribution in [0.25, 0.3) is 0 Å². The molecule has 3 N–H and O–H groups in total. The van der Waals surface area contributed by atoms with Crippen molar-refractivity contribution >= 4 is 5.97 Å². The number of unbranched alkanes of at least 4 members (excludes halogenated alkanes) is 1. The molecule has 1 atom stereocenters. The number of benzene rings is 1. The normalized spacial score (nSPS) is 14.3. The Balaban J connectivity index is 3.22. The quantitative estimate of drug-likeness (QED) is 0.800. The molecule has 1 aromatic rings. The Kier molecular flexibility index (Phi) is 4.63. The molecule has 0 aromatic heterocycles. The van der Waals surface area contributed by atoms with Gasteiger partial charge in [0, 0.05) is 12.1 Å². The van der Waals surface area contributed by atoms with Crippen molar-refractivity contribution in [2.45, 2.75) is 31.6 Å². The molecule has 0 aliphatic rings. The van der Waals surface area contributed by atoms with Crippen LogP contribution in [0, 0.1) is 5.82 Å². The number of hydrogen-bond donors (Lipinski definition) is 2. The largest absolute Gasteiger partial charge is 0.481 e. The van der Waals surface area contributed by atoms with Gasteiger partial charge in [-0.15, -0.1) is 0 Å². The molecule has 1 unspecified atom stereocenters. The summed E-state index contributed by atoms with van der Waals surface area (Å²) in [6.45, 7) is 1.87. The molecule has 0 radical (unpaired) electrons. The van der Waals surface area contributed by atoms with Gasteiger partial charge in [-0.05, 0) is 12.5 Å². The second-order valence-corrected chi connectivity index (χ2v) is 4.17. The molecule has 0 heterocycles. The number of halogens is 1. The molecule has 17 heavy (non-hydrogen) atoms. The minimum Gasteiger partial charge on any atom is -0.481 e. The van der Waals surface area contributed by atoms with Crippen LogP contribution in [0.2, 0.25) is 0 Å². The second kappa shape index (κ2) is 5.77. The molecule has 94 valence electrons. The third-order valence-electron chi connectivity index (χ3n) is 3.10. The van der Waals surface area contributed by atoms with Gasteiger partial charge in [0.25, 0.3) is 0 Å². The summed E-state index contributed by atoms with van der Waals surface area (Å²) < 4.78 is 13.7. The van der Waals surface area contributed by atoms with E-state index in [9.17, 15) is 14.3 Å². The highest BCUT2D eigenvalue weighted by Crippen LogP contribution is 2.31. The van der Waals surface area contributed by atoms with Crippen LogP contribution >= 0.6 is 0 Å². The molecular formula is C13H18FNO2. The molecule has 0 saturated heterocycles. The first kappa shape index (κ1) is 13.6. The Labute approximate surface area is 100 Å². The van der Waals surface area contributed by atoms with Gasteiger partial charge in [0.15, 0.2) is 0 Å². The maximum absolute atomic E-state index is 13.7. The van der Waals surface area contributed by atoms with Crippen molar-refractivity contribution in [1.82, 2.24) is 0 Å². The van der Waals surface area contributed by atoms with Crippen LogP contribution in [0.1, 0.15) is 31.7 Å². The van der Waals surface area contributed by atoms with Crippen molar-refractivity contribution < 1.29 is 14.3 Å². The van der Waals surface area contributed by atoms with Gasteiger partial charge in [-0.25, -0.2) is 4.39 Å². The van der Waals surface area contributed by atoms with E-state index in [1.807, 2.05) is 6.92 Å². The predicted molar refractivity (Wildman–Crippen MR) is 64.3 cm³/mol. The summed E-state index contributed by atoms with van der Waals surface area (Å²) in [6.07, 6.45) is 1.91. The minimum absolute atomic E-state index is 0.0940. The third-order valence-corrected chi connectivity index (χ3v) is 3.10. The fourth-order valence-corrected chi connectivity index (χ4v) is 1.98. The Morgan fingerprint density at radius 3 is 2.59 bits per heavy atom. The fourth-order valence-electron chi connectivity index (χ4n) is 1.98. The molecule has 4 heteroatoms. The van der Waals surface area contributed by atoms with Gasteiger partial charge in [0.1, 0.15) is 11.2 Å². The van der Waals surface area contributed by atoms with Gasteiger partial charge in [-0.1, -0.05) is 38.0 Å². The van der Waals surface area contributed by atoms with Gasteiger partial charge in [-0.2, -0.15) is 0 Å². The van der Waals surface area contributed by atoms with Gasteiger partial charge in [-0.3, -0.25) is 4.79 Å². The van der Waals surface area contributed by atoms with Crippen molar-refractivity contribution in [2.75, 3.05) is 6.54 Å². The summed E-state index contributed by atoms with van der Waals surface area (Å²) in [7, 11) is 0. The Hall–Kier alpha value is -1.42. The van der Waals surface area contributed by atoms with E-state index in [0.29, 0.717) is 12.8 Å². The van der Waals surface area contributed by atoms with E-state index < -0.39 is 17.2 Å². The fraction of sp³-hybridized carbons (Fsp3) is 0.462. The maximum atomic E-state index is 13.7. The average molecular weight is 239 g/mol. The lowest BCUT2D eigenvalue weighted by Gasteiger charge is -2.28. The van der Waals surface area contributed by atoms with Crippen molar-refractivity contribution in [1.29, 1.82) is 0 Å². The number of carbonyl (C=O) groups is 1. The molecule has 1 aromatic carbocycles. The Morgan fingerprint density at radius 1 is 1.47 bits per heavy atom. The summed E-state index contributed by atoms with van der Waals surface area (Å²) in [5.74, 6) is -1.56. The standard InChI is InChI=1S/C13H18FNO2/c1-2-3-8-13(9-15,12(16)17)10-6-4-5-7-11(10)14/h4-7H,2-3,8-9,15H2,1H3,(H,16,17). The molecule has 1 rings (SSSR count). The zero-order valence-corrected chi connectivity index (χ0v) is 9.95. The maximum Gasteiger partial charge on any atom is 0.315 e. The summed E-state index contributed by atoms with van der Waals surface area (Å²) in [4.78, 5) is 11.5. The van der Waals surface area contributed by atoms with E-state index in [4.69, 9.17) is 5.73 Å². The molecule has 3 nitrogen and oxygen atoms in total. The van der Waals surface area contributed by atoms with E-state index in [1.165, 1.54) is 12.1 Å². The summed E-state index contributed by atoms with van der Waals surface area (Å²) >= 11 is 0. The molecule has 0 aliphatic carbocycles. The van der Waals surface area contributed by atoms with Crippen LogP contribution in [0.3, 0.4) is 0 Å². The smallest absolute Gasteiger partial charge is 0.315 e. The zero-order valence-electron chi connectivity index (χ0n) is 9.95. The van der Waals surface area contributed by atoms with Crippen LogP contribution in [0.5, 0.6) is 0 Å². The molecule has 0 saturated carbocycles. The van der Waals surface area contributed by atoms with Crippen LogP contribution in [-0.4, -0.2) is 17.6 Å². The second-order valence-electron chi connectivity index (χ2n) is 4.17. The first-order valence-electron chi connectivity index (χ1n) is 5.77. The molecular weight excluding hydrogens is 221 g/mol. The minimum atomic E-state index is -1.30. The van der Waals surface area contributed by atoms with E-state index in [-0.39, 0.29) is 12.1 Å². The monoisotopic (exact) mass is 239 g/mol. The van der Waals surface area contributed by atoms with Crippen LogP contribution in [0.4, 0.5) is 4.39 Å². The van der Waals surface area contributed by atoms with Crippen molar-refractivity contribution in [3.8, 4) is 0 Å². The lowest BCUT2D eigenvalue weighted by molar-refractivity contribution is -0.144. The highest BCUT2D eigenvalue weighted by molar-refractivity contribution is 5.81. The lowest BCUT2D eigenvalue weighted by atomic mass is 9.76. The van der Waals surface area contributed by atoms with E-state index >= 15 is 0 Å². The number of rotatable bonds is 6. The third kappa shape index (κ3) is 2.64. The first-order valence-corrected chi connectivity index (χ1v) is 5.77. The van der Waals surface area contributed by atoms with Gasteiger partial charge in [0.05, 0.1) is 0 Å². The lowest BCUT2D eigenvalue weighted by Crippen LogP contribution is -2.43. The highest BCUT2D eigenvalue weighted by Gasteiger charge is 2.40. The van der Waals surface area contributed by atoms with Crippen LogP contribution < -0.4 is 5.73 Å². The van der Waals surface area contributed by atoms with E-state index in [1.54, 1.807) is 12.1 Å². The van der Waals surface area contributed by atoms with E-state index in [2.05, 4.69) is 0 Å². The van der Waals surface area contributed by atoms with Crippen LogP contribution in [-0.2, 0) is 10.2 Å². The van der Waals surface area contributed by atoms with Crippen molar-refractivity contribution in [3.63, 3.8) is 0 Å². The van der Waals surface area contributed by atoms with E-state index in [0.717, 1.165) is 6.42 Å². The molecule has 0 fully saturated rings. The summed E-state index contributed by atoms with van der Waals surface area (Å²) in [5.41, 5.74) is 4.48. The number of hydrogen-bond acceptors (Lipinski definition) is 2. The van der Waals surface area contributed by atoms with Crippen LogP contribution in [0.15, 0.2) is 24.3 Å². The number of nitrogens with two attached hydrogens (primary N) is 1. The van der Waals surface area contributed by atoms with Gasteiger partial charge >= 0.3 is 5.97 Å². The number of carboxylic acid groups (broad SMARTS) is 1. The number of aliphatic carboxylic acids is 1. The molecule has 0 aliphatic heterocycles. The zero-order chi connectivity index (χ0) is 12.9. The van der Waals surface area contributed by atoms with Crippen molar-refractivity contribution in [3.05, 3.63) is 35.6 Å². The summed E-state index contributed by atoms with van der Waals surface area (Å²) in [6, 6.07) is 5.96. The average Bonchev–Trinajstić information content (AvgIpc) is 2.32. The van der Waals surface area contributed by atoms with Crippen molar-refractivity contribution in [2.24, 2.45) is 5.73 Å². The predicted octanol–water partition coefficient (Wildman–Crippen LogP) is 2.30. The Morgan fingerprint density at radius 2 is 2.12 bits per heavy atom. The topological polar surface area (TPSA) is 63.3 Å². The molecule has 0 spiro atoms. The molecule has 0 amide bonds. The highest BCUT2D eigenvalue weighted by atomic mass is 19.1. The number of carboxylic acids is 1. The molecule has 0 bridgehead atoms. The summed E-state index contributed by atoms with van der Waals surface area (Å²) in [5, 5.41) is 9.38. The Bertz CT molecular complexity index is 395. The van der Waals surface area contributed by atoms with Gasteiger partial charge < -0.3 is 10.8 Å². The SMILES string of the molecule is CCCCC(CN)(C(=O)O)c1ccccc1F. The van der Waals surface area contributed by atoms with Gasteiger partial charge in [0.2, 0.25) is 0 Å². The first-order chi connectivity index (χ1) is 8.08.